The molecule has 4 heteroatoms. The van der Waals surface area contributed by atoms with E-state index in [2.05, 4.69) is 0 Å². The molecule has 0 atom stereocenters. The van der Waals surface area contributed by atoms with Crippen LogP contribution in [0.4, 0.5) is 8.78 Å². The molecule has 1 aromatic carbocycles. The fourth-order valence-electron chi connectivity index (χ4n) is 0.986. The quantitative estimate of drug-likeness (QED) is 0.696. The highest BCUT2D eigenvalue weighted by Crippen LogP contribution is 2.16. The molecule has 0 aromatic heterocycles. The van der Waals surface area contributed by atoms with Gasteiger partial charge in [0.05, 0.1) is 11.8 Å². The van der Waals surface area contributed by atoms with Crippen molar-refractivity contribution in [2.75, 3.05) is 0 Å². The molecule has 0 spiro atoms. The smallest absolute Gasteiger partial charge is 0.126 e. The summed E-state index contributed by atoms with van der Waals surface area (Å²) in [5.41, 5.74) is 6.01. The Kier molecular flexibility index (Phi) is 2.82. The second-order valence-electron chi connectivity index (χ2n) is 2.81. The number of nitrogens with zero attached hydrogens (tertiary/aromatic N) is 1. The van der Waals surface area contributed by atoms with Gasteiger partial charge in [0, 0.05) is 17.2 Å². The molecule has 72 valence electrons. The summed E-state index contributed by atoms with van der Waals surface area (Å²) in [5, 5.41) is 8.53. The Morgan fingerprint density at radius 3 is 2.21 bits per heavy atom. The number of hydrogen-bond donors (Lipinski definition) is 1. The zero-order valence-electron chi connectivity index (χ0n) is 7.51. The topological polar surface area (TPSA) is 49.8 Å². The summed E-state index contributed by atoms with van der Waals surface area (Å²) in [6, 6.07) is 4.73. The fourth-order valence-corrected chi connectivity index (χ4v) is 0.986. The summed E-state index contributed by atoms with van der Waals surface area (Å²) in [5.74, 6) is -1.43. The molecule has 0 heterocycles. The Hall–Kier alpha value is -1.89. The molecule has 0 unspecified atom stereocenters. The second kappa shape index (κ2) is 3.88. The van der Waals surface area contributed by atoms with E-state index < -0.39 is 11.6 Å². The Bertz CT molecular complexity index is 410. The van der Waals surface area contributed by atoms with Crippen molar-refractivity contribution in [2.45, 2.75) is 6.92 Å². The summed E-state index contributed by atoms with van der Waals surface area (Å²) in [7, 11) is 0. The van der Waals surface area contributed by atoms with E-state index >= 15 is 0 Å². The van der Waals surface area contributed by atoms with Crippen LogP contribution in [-0.2, 0) is 0 Å². The van der Waals surface area contributed by atoms with Gasteiger partial charge in [-0.1, -0.05) is 0 Å². The van der Waals surface area contributed by atoms with Gasteiger partial charge in [0.2, 0.25) is 0 Å². The summed E-state index contributed by atoms with van der Waals surface area (Å²) in [6.45, 7) is 1.48. The third-order valence-corrected chi connectivity index (χ3v) is 1.75. The maximum absolute atomic E-state index is 12.8. The normalized spacial score (nSPS) is 11.9. The van der Waals surface area contributed by atoms with E-state index in [0.29, 0.717) is 0 Å². The van der Waals surface area contributed by atoms with E-state index in [-0.39, 0.29) is 16.8 Å². The molecule has 0 aliphatic carbocycles. The number of allylic oxidation sites excluding steroid dienone is 1. The Labute approximate surface area is 80.3 Å². The molecule has 1 rings (SSSR count). The molecule has 2 nitrogen and oxygen atoms in total. The Morgan fingerprint density at radius 1 is 1.29 bits per heavy atom. The Balaban J connectivity index is 3.28. The van der Waals surface area contributed by atoms with E-state index in [1.54, 1.807) is 0 Å². The van der Waals surface area contributed by atoms with Crippen LogP contribution in [0.3, 0.4) is 0 Å². The van der Waals surface area contributed by atoms with Crippen molar-refractivity contribution in [1.82, 2.24) is 0 Å². The molecule has 0 saturated heterocycles. The molecule has 1 aromatic rings. The van der Waals surface area contributed by atoms with Gasteiger partial charge in [-0.25, -0.2) is 8.78 Å². The first-order valence-electron chi connectivity index (χ1n) is 3.87. The third-order valence-electron chi connectivity index (χ3n) is 1.75. The van der Waals surface area contributed by atoms with Gasteiger partial charge in [-0.05, 0) is 19.1 Å². The number of nitriles is 1. The van der Waals surface area contributed by atoms with Crippen molar-refractivity contribution in [3.63, 3.8) is 0 Å². The molecule has 0 aliphatic heterocycles. The van der Waals surface area contributed by atoms with E-state index in [9.17, 15) is 8.78 Å². The van der Waals surface area contributed by atoms with Crippen molar-refractivity contribution < 1.29 is 8.78 Å². The highest BCUT2D eigenvalue weighted by atomic mass is 19.1. The van der Waals surface area contributed by atoms with Crippen LogP contribution in [0.5, 0.6) is 0 Å². The molecule has 0 radical (unpaired) electrons. The number of hydrogen-bond acceptors (Lipinski definition) is 2. The first kappa shape index (κ1) is 10.2. The van der Waals surface area contributed by atoms with Gasteiger partial charge in [-0.3, -0.25) is 0 Å². The van der Waals surface area contributed by atoms with Crippen LogP contribution in [0.2, 0.25) is 0 Å². The minimum atomic E-state index is -0.714. The number of halogens is 2. The zero-order valence-corrected chi connectivity index (χ0v) is 7.51. The monoisotopic (exact) mass is 194 g/mol. The zero-order chi connectivity index (χ0) is 10.7. The lowest BCUT2D eigenvalue weighted by molar-refractivity contribution is 0.582. The highest BCUT2D eigenvalue weighted by molar-refractivity contribution is 5.68. The van der Waals surface area contributed by atoms with E-state index in [4.69, 9.17) is 11.0 Å². The summed E-state index contributed by atoms with van der Waals surface area (Å²) in [4.78, 5) is 0. The van der Waals surface area contributed by atoms with Crippen molar-refractivity contribution >= 4 is 5.70 Å². The van der Waals surface area contributed by atoms with E-state index in [0.717, 1.165) is 18.2 Å². The Morgan fingerprint density at radius 2 is 1.79 bits per heavy atom. The van der Waals surface area contributed by atoms with Gasteiger partial charge in [-0.15, -0.1) is 0 Å². The minimum Gasteiger partial charge on any atom is -0.397 e. The average Bonchev–Trinajstić information content (AvgIpc) is 2.14. The van der Waals surface area contributed by atoms with Gasteiger partial charge in [0.15, 0.2) is 0 Å². The number of rotatable bonds is 1. The van der Waals surface area contributed by atoms with Crippen LogP contribution >= 0.6 is 0 Å². The maximum Gasteiger partial charge on any atom is 0.126 e. The summed E-state index contributed by atoms with van der Waals surface area (Å²) < 4.78 is 25.5. The van der Waals surface area contributed by atoms with Gasteiger partial charge in [-0.2, -0.15) is 5.26 Å². The lowest BCUT2D eigenvalue weighted by atomic mass is 10.1. The summed E-state index contributed by atoms with van der Waals surface area (Å²) in [6.07, 6.45) is 0. The molecule has 0 amide bonds. The summed E-state index contributed by atoms with van der Waals surface area (Å²) >= 11 is 0. The first-order chi connectivity index (χ1) is 6.54. The maximum atomic E-state index is 12.8. The van der Waals surface area contributed by atoms with Gasteiger partial charge in [0.1, 0.15) is 11.6 Å². The van der Waals surface area contributed by atoms with Crippen LogP contribution in [0.25, 0.3) is 5.70 Å². The molecule has 0 fully saturated rings. The van der Waals surface area contributed by atoms with Crippen LogP contribution in [-0.4, -0.2) is 0 Å². The fraction of sp³-hybridized carbons (Fsp3) is 0.100. The number of nitrogens with two attached hydrogens (primary N) is 1. The largest absolute Gasteiger partial charge is 0.397 e. The predicted molar refractivity (Wildman–Crippen MR) is 48.8 cm³/mol. The van der Waals surface area contributed by atoms with Crippen molar-refractivity contribution in [3.05, 3.63) is 41.0 Å². The average molecular weight is 194 g/mol. The molecule has 0 saturated carbocycles. The molecule has 14 heavy (non-hydrogen) atoms. The molecule has 0 aliphatic rings. The van der Waals surface area contributed by atoms with E-state index in [1.807, 2.05) is 6.07 Å². The van der Waals surface area contributed by atoms with Gasteiger partial charge in [0.25, 0.3) is 0 Å². The van der Waals surface area contributed by atoms with Crippen LogP contribution in [0, 0.1) is 23.0 Å². The van der Waals surface area contributed by atoms with Crippen LogP contribution in [0.15, 0.2) is 23.8 Å². The molecule has 0 bridgehead atoms. The van der Waals surface area contributed by atoms with Gasteiger partial charge >= 0.3 is 0 Å². The predicted octanol–water partition coefficient (Wildman–Crippen LogP) is 2.18. The lowest BCUT2D eigenvalue weighted by Crippen LogP contribution is -2.00. The van der Waals surface area contributed by atoms with Crippen molar-refractivity contribution in [3.8, 4) is 6.07 Å². The minimum absolute atomic E-state index is 0.0888. The van der Waals surface area contributed by atoms with Crippen LogP contribution in [0.1, 0.15) is 12.5 Å². The second-order valence-corrected chi connectivity index (χ2v) is 2.81. The number of benzene rings is 1. The molecular weight excluding hydrogens is 186 g/mol. The third kappa shape index (κ3) is 2.07. The standard InChI is InChI=1S/C10H8F2N2/c1-6(5-13)10(14)7-2-8(11)4-9(12)3-7/h2-4H,14H2,1H3/b10-6-. The molecular formula is C10H8F2N2. The first-order valence-corrected chi connectivity index (χ1v) is 3.87. The molecule has 2 N–H and O–H groups in total. The van der Waals surface area contributed by atoms with Crippen molar-refractivity contribution in [2.24, 2.45) is 5.73 Å². The lowest BCUT2D eigenvalue weighted by Gasteiger charge is -2.02. The SMILES string of the molecule is C/C(C#N)=C(/N)c1cc(F)cc(F)c1. The van der Waals surface area contributed by atoms with Crippen LogP contribution < -0.4 is 5.73 Å². The van der Waals surface area contributed by atoms with Crippen molar-refractivity contribution in [1.29, 1.82) is 5.26 Å². The van der Waals surface area contributed by atoms with Gasteiger partial charge < -0.3 is 5.73 Å². The van der Waals surface area contributed by atoms with E-state index in [1.165, 1.54) is 6.92 Å². The highest BCUT2D eigenvalue weighted by Gasteiger charge is 2.05.